The third kappa shape index (κ3) is 3.75. The van der Waals surface area contributed by atoms with Crippen LogP contribution in [0.3, 0.4) is 0 Å². The van der Waals surface area contributed by atoms with Crippen LogP contribution in [0, 0.1) is 0 Å². The summed E-state index contributed by atoms with van der Waals surface area (Å²) in [6.45, 7) is 4.90. The Balaban J connectivity index is 1.23. The zero-order valence-corrected chi connectivity index (χ0v) is 27.0. The molecule has 0 radical (unpaired) electrons. The third-order valence-corrected chi connectivity index (χ3v) is 13.5. The fraction of sp³-hybridized carbons (Fsp3) is 0.0476. The van der Waals surface area contributed by atoms with Gasteiger partial charge in [-0.15, -0.1) is 0 Å². The summed E-state index contributed by atoms with van der Waals surface area (Å²) in [7, 11) is -2.23. The number of furan rings is 1. The molecule has 10 rings (SSSR count). The molecule has 4 nitrogen and oxygen atoms in total. The van der Waals surface area contributed by atoms with E-state index in [1.165, 1.54) is 32.2 Å². The first kappa shape index (κ1) is 26.4. The second-order valence-electron chi connectivity index (χ2n) is 13.0. The molecule has 0 aliphatic carbocycles. The molecular weight excluding hydrogens is 591 g/mol. The van der Waals surface area contributed by atoms with E-state index < -0.39 is 8.07 Å². The van der Waals surface area contributed by atoms with Crippen LogP contribution in [-0.4, -0.2) is 22.6 Å². The van der Waals surface area contributed by atoms with Crippen molar-refractivity contribution >= 4 is 62.2 Å². The normalized spacial score (nSPS) is 13.5. The summed E-state index contributed by atoms with van der Waals surface area (Å²) in [5.74, 6) is 0.766. The van der Waals surface area contributed by atoms with E-state index in [-0.39, 0.29) is 0 Å². The minimum absolute atomic E-state index is 0.766. The van der Waals surface area contributed by atoms with E-state index >= 15 is 0 Å². The second kappa shape index (κ2) is 9.61. The molecule has 0 saturated carbocycles. The molecule has 9 aromatic rings. The van der Waals surface area contributed by atoms with E-state index in [4.69, 9.17) is 14.4 Å². The Morgan fingerprint density at radius 1 is 0.532 bits per heavy atom. The molecule has 0 fully saturated rings. The highest BCUT2D eigenvalue weighted by atomic mass is 28.3. The highest BCUT2D eigenvalue weighted by Gasteiger charge is 2.42. The fourth-order valence-electron chi connectivity index (χ4n) is 7.76. The first-order chi connectivity index (χ1) is 23.1. The largest absolute Gasteiger partial charge is 0.456 e. The van der Waals surface area contributed by atoms with Gasteiger partial charge in [0.15, 0.2) is 5.82 Å². The van der Waals surface area contributed by atoms with Gasteiger partial charge in [-0.1, -0.05) is 116 Å². The lowest BCUT2D eigenvalue weighted by Gasteiger charge is -2.22. The van der Waals surface area contributed by atoms with Crippen molar-refractivity contribution in [1.82, 2.24) is 14.5 Å². The molecule has 0 atom stereocenters. The number of hydrogen-bond donors (Lipinski definition) is 0. The summed E-state index contributed by atoms with van der Waals surface area (Å²) in [5.41, 5.74) is 10.8. The van der Waals surface area contributed by atoms with Gasteiger partial charge in [0.1, 0.15) is 19.2 Å². The minimum atomic E-state index is -2.23. The van der Waals surface area contributed by atoms with Crippen LogP contribution < -0.4 is 10.4 Å². The van der Waals surface area contributed by atoms with Crippen LogP contribution in [-0.2, 0) is 0 Å². The van der Waals surface area contributed by atoms with Crippen LogP contribution >= 0.6 is 0 Å². The zero-order chi connectivity index (χ0) is 31.3. The number of nitrogens with zero attached hydrogens (tertiary/aromatic N) is 3. The molecule has 0 spiro atoms. The van der Waals surface area contributed by atoms with Gasteiger partial charge >= 0.3 is 0 Å². The van der Waals surface area contributed by atoms with Gasteiger partial charge in [-0.3, -0.25) is 0 Å². The Morgan fingerprint density at radius 3 is 2.02 bits per heavy atom. The number of rotatable bonds is 3. The lowest BCUT2D eigenvalue weighted by Crippen LogP contribution is -2.50. The van der Waals surface area contributed by atoms with Crippen LogP contribution in [0.4, 0.5) is 0 Å². The predicted molar refractivity (Wildman–Crippen MR) is 197 cm³/mol. The maximum atomic E-state index is 6.38. The molecule has 4 heterocycles. The number of para-hydroxylation sites is 2. The molecule has 0 amide bonds. The van der Waals surface area contributed by atoms with E-state index in [1.807, 2.05) is 18.2 Å². The minimum Gasteiger partial charge on any atom is -0.456 e. The number of hydrogen-bond acceptors (Lipinski definition) is 3. The molecule has 222 valence electrons. The molecule has 0 N–H and O–H groups in total. The molecule has 6 aromatic carbocycles. The van der Waals surface area contributed by atoms with Crippen LogP contribution in [0.15, 0.2) is 144 Å². The Labute approximate surface area is 272 Å². The van der Waals surface area contributed by atoms with Crippen molar-refractivity contribution in [3.05, 3.63) is 140 Å². The van der Waals surface area contributed by atoms with Gasteiger partial charge in [0, 0.05) is 44.4 Å². The van der Waals surface area contributed by atoms with Gasteiger partial charge in [-0.25, -0.2) is 9.97 Å². The van der Waals surface area contributed by atoms with Crippen molar-refractivity contribution < 1.29 is 4.42 Å². The average Bonchev–Trinajstić information content (AvgIpc) is 3.72. The molecule has 1 aliphatic rings. The summed E-state index contributed by atoms with van der Waals surface area (Å²) in [6.07, 6.45) is 0. The highest BCUT2D eigenvalue weighted by Crippen LogP contribution is 2.39. The van der Waals surface area contributed by atoms with Gasteiger partial charge in [0.05, 0.1) is 22.4 Å². The molecular formula is C42H29N3OSi. The van der Waals surface area contributed by atoms with Gasteiger partial charge in [0.25, 0.3) is 0 Å². The highest BCUT2D eigenvalue weighted by molar-refractivity contribution is 7.04. The maximum Gasteiger partial charge on any atom is 0.160 e. The summed E-state index contributed by atoms with van der Waals surface area (Å²) < 4.78 is 8.78. The molecule has 0 bridgehead atoms. The predicted octanol–water partition coefficient (Wildman–Crippen LogP) is 9.61. The molecule has 1 aliphatic heterocycles. The molecule has 0 saturated heterocycles. The number of fused-ring (bicyclic) bond motifs is 9. The van der Waals surface area contributed by atoms with Crippen molar-refractivity contribution in [3.63, 3.8) is 0 Å². The smallest absolute Gasteiger partial charge is 0.160 e. The topological polar surface area (TPSA) is 43.9 Å². The van der Waals surface area contributed by atoms with Crippen LogP contribution in [0.1, 0.15) is 0 Å². The number of benzene rings is 6. The monoisotopic (exact) mass is 619 g/mol. The molecule has 5 heteroatoms. The van der Waals surface area contributed by atoms with E-state index in [1.54, 1.807) is 0 Å². The number of aromatic nitrogens is 3. The van der Waals surface area contributed by atoms with E-state index in [2.05, 4.69) is 139 Å². The fourth-order valence-corrected chi connectivity index (χ4v) is 11.0. The van der Waals surface area contributed by atoms with Crippen LogP contribution in [0.25, 0.3) is 83.3 Å². The van der Waals surface area contributed by atoms with Gasteiger partial charge in [-0.05, 0) is 46.3 Å². The second-order valence-corrected chi connectivity index (χ2v) is 17.3. The summed E-state index contributed by atoms with van der Waals surface area (Å²) in [5, 5.41) is 7.45. The van der Waals surface area contributed by atoms with E-state index in [0.29, 0.717) is 0 Å². The van der Waals surface area contributed by atoms with Gasteiger partial charge < -0.3 is 8.98 Å². The Kier molecular flexibility index (Phi) is 5.41. The van der Waals surface area contributed by atoms with E-state index in [9.17, 15) is 0 Å². The zero-order valence-electron chi connectivity index (χ0n) is 26.0. The standard InChI is InChI=1S/C42H29N3OSi/c1-47(2)38-23-28(45-34-19-11-9-17-29(34)32-24-33-30-18-10-12-20-36(30)46-37(33)25-35(32)45)21-22-31(38)40-41(47)39(26-13-5-3-6-14-26)43-42(44-40)27-15-7-4-8-16-27/h3-25H,1-2H3. The Hall–Kier alpha value is -5.78. The maximum absolute atomic E-state index is 6.38. The van der Waals surface area contributed by atoms with Crippen LogP contribution in [0.2, 0.25) is 13.1 Å². The van der Waals surface area contributed by atoms with Crippen molar-refractivity contribution in [1.29, 1.82) is 0 Å². The first-order valence-electron chi connectivity index (χ1n) is 16.1. The first-order valence-corrected chi connectivity index (χ1v) is 19.1. The summed E-state index contributed by atoms with van der Waals surface area (Å²) >= 11 is 0. The lowest BCUT2D eigenvalue weighted by molar-refractivity contribution is 0.669. The van der Waals surface area contributed by atoms with Crippen LogP contribution in [0.5, 0.6) is 0 Å². The Morgan fingerprint density at radius 2 is 1.21 bits per heavy atom. The van der Waals surface area contributed by atoms with E-state index in [0.717, 1.165) is 61.5 Å². The SMILES string of the molecule is C[Si]1(C)c2cc(-n3c4ccccc4c4cc5c(cc43)oc3ccccc35)ccc2-c2nc(-c3ccccc3)nc(-c3ccccc3)c21. The van der Waals surface area contributed by atoms with Crippen molar-refractivity contribution in [2.24, 2.45) is 0 Å². The Bertz CT molecular complexity index is 2710. The molecule has 3 aromatic heterocycles. The molecule has 47 heavy (non-hydrogen) atoms. The summed E-state index contributed by atoms with van der Waals surface area (Å²) in [4.78, 5) is 10.6. The van der Waals surface area contributed by atoms with Crippen molar-refractivity contribution in [3.8, 4) is 39.6 Å². The summed E-state index contributed by atoms with van der Waals surface area (Å²) in [6, 6.07) is 49.5. The molecule has 0 unspecified atom stereocenters. The third-order valence-electron chi connectivity index (χ3n) is 9.97. The van der Waals surface area contributed by atoms with Crippen molar-refractivity contribution in [2.75, 3.05) is 0 Å². The van der Waals surface area contributed by atoms with Gasteiger partial charge in [0.2, 0.25) is 0 Å². The average molecular weight is 620 g/mol. The quantitative estimate of drug-likeness (QED) is 0.185. The van der Waals surface area contributed by atoms with Crippen molar-refractivity contribution in [2.45, 2.75) is 13.1 Å². The van der Waals surface area contributed by atoms with Gasteiger partial charge in [-0.2, -0.15) is 0 Å². The lowest BCUT2D eigenvalue weighted by atomic mass is 10.1.